The molecule has 0 aliphatic heterocycles. The van der Waals surface area contributed by atoms with Crippen LogP contribution in [0, 0.1) is 0 Å². The van der Waals surface area contributed by atoms with Crippen LogP contribution in [0.3, 0.4) is 0 Å². The molecule has 1 rings (SSSR count). The molecule has 0 heterocycles. The molecule has 0 saturated carbocycles. The summed E-state index contributed by atoms with van der Waals surface area (Å²) in [4.78, 5) is 10.5. The van der Waals surface area contributed by atoms with Crippen molar-refractivity contribution < 1.29 is 9.90 Å². The summed E-state index contributed by atoms with van der Waals surface area (Å²) < 4.78 is 0.791. The zero-order valence-electron chi connectivity index (χ0n) is 6.91. The Morgan fingerprint density at radius 2 is 2.14 bits per heavy atom. The number of hydrogen-bond acceptors (Lipinski definition) is 2. The summed E-state index contributed by atoms with van der Waals surface area (Å²) in [5.74, 6) is -1.09. The van der Waals surface area contributed by atoms with Gasteiger partial charge >= 0.3 is 5.97 Å². The molecule has 0 saturated heterocycles. The number of carboxylic acids is 1. The Morgan fingerprint density at radius 3 is 2.57 bits per heavy atom. The average molecular weight is 301 g/mol. The van der Waals surface area contributed by atoms with E-state index in [-0.39, 0.29) is 12.4 Å². The van der Waals surface area contributed by atoms with Gasteiger partial charge < -0.3 is 10.8 Å². The van der Waals surface area contributed by atoms with E-state index in [2.05, 4.69) is 15.9 Å². The molecule has 0 radical (unpaired) electrons. The third-order valence-electron chi connectivity index (χ3n) is 1.56. The smallest absolute Gasteiger partial charge is 0.325 e. The lowest BCUT2D eigenvalue weighted by molar-refractivity contribution is -0.138. The minimum absolute atomic E-state index is 0. The predicted octanol–water partition coefficient (Wildman–Crippen LogP) is 2.61. The highest BCUT2D eigenvalue weighted by Crippen LogP contribution is 2.25. The van der Waals surface area contributed by atoms with E-state index < -0.39 is 12.0 Å². The van der Waals surface area contributed by atoms with Gasteiger partial charge in [-0.2, -0.15) is 0 Å². The fourth-order valence-electron chi connectivity index (χ4n) is 0.887. The Hall–Kier alpha value is -0.290. The van der Waals surface area contributed by atoms with Crippen molar-refractivity contribution in [3.05, 3.63) is 33.3 Å². The summed E-state index contributed by atoms with van der Waals surface area (Å²) in [7, 11) is 0. The first-order valence-electron chi connectivity index (χ1n) is 3.45. The van der Waals surface area contributed by atoms with Crippen LogP contribution < -0.4 is 5.73 Å². The van der Waals surface area contributed by atoms with E-state index in [1.807, 2.05) is 0 Å². The van der Waals surface area contributed by atoms with E-state index in [9.17, 15) is 4.79 Å². The predicted molar refractivity (Wildman–Crippen MR) is 61.0 cm³/mol. The maximum atomic E-state index is 10.5. The maximum absolute atomic E-state index is 10.5. The molecule has 1 aromatic carbocycles. The molecule has 1 atom stereocenters. The van der Waals surface area contributed by atoms with Gasteiger partial charge in [0, 0.05) is 9.50 Å². The number of benzene rings is 1. The van der Waals surface area contributed by atoms with E-state index in [1.54, 1.807) is 18.2 Å². The molecule has 0 spiro atoms. The van der Waals surface area contributed by atoms with Crippen molar-refractivity contribution in [2.45, 2.75) is 6.04 Å². The lowest BCUT2D eigenvalue weighted by Gasteiger charge is -2.08. The molecule has 3 N–H and O–H groups in total. The van der Waals surface area contributed by atoms with Crippen molar-refractivity contribution in [1.29, 1.82) is 0 Å². The first-order chi connectivity index (χ1) is 6.02. The fraction of sp³-hybridized carbons (Fsp3) is 0.125. The Labute approximate surface area is 101 Å². The standard InChI is InChI=1S/C8H7BrClNO2.ClH/c9-4-1-2-5(6(10)3-4)7(11)8(12)13;/h1-3,7H,11H2,(H,12,13);1H. The van der Waals surface area contributed by atoms with Crippen molar-refractivity contribution >= 4 is 45.9 Å². The lowest BCUT2D eigenvalue weighted by atomic mass is 10.1. The van der Waals surface area contributed by atoms with Gasteiger partial charge in [-0.15, -0.1) is 12.4 Å². The van der Waals surface area contributed by atoms with Gasteiger partial charge in [0.25, 0.3) is 0 Å². The van der Waals surface area contributed by atoms with Crippen LogP contribution in [0.1, 0.15) is 11.6 Å². The van der Waals surface area contributed by atoms with E-state index >= 15 is 0 Å². The molecule has 14 heavy (non-hydrogen) atoms. The first-order valence-corrected chi connectivity index (χ1v) is 4.63. The molecule has 1 unspecified atom stereocenters. The van der Waals surface area contributed by atoms with Crippen LogP contribution in [0.4, 0.5) is 0 Å². The second kappa shape index (κ2) is 5.56. The van der Waals surface area contributed by atoms with Crippen molar-refractivity contribution in [1.82, 2.24) is 0 Å². The van der Waals surface area contributed by atoms with Gasteiger partial charge in [-0.1, -0.05) is 33.6 Å². The van der Waals surface area contributed by atoms with Crippen molar-refractivity contribution in [2.75, 3.05) is 0 Å². The third-order valence-corrected chi connectivity index (χ3v) is 2.38. The summed E-state index contributed by atoms with van der Waals surface area (Å²) >= 11 is 9.00. The normalized spacial score (nSPS) is 11.6. The number of halogens is 3. The molecule has 0 amide bonds. The quantitative estimate of drug-likeness (QED) is 0.882. The summed E-state index contributed by atoms with van der Waals surface area (Å²) in [5, 5.41) is 8.98. The molecule has 0 aromatic heterocycles. The van der Waals surface area contributed by atoms with Crippen molar-refractivity contribution in [2.24, 2.45) is 5.73 Å². The fourth-order valence-corrected chi connectivity index (χ4v) is 1.68. The maximum Gasteiger partial charge on any atom is 0.325 e. The number of nitrogens with two attached hydrogens (primary N) is 1. The largest absolute Gasteiger partial charge is 0.480 e. The van der Waals surface area contributed by atoms with Crippen LogP contribution >= 0.6 is 39.9 Å². The summed E-state index contributed by atoms with van der Waals surface area (Å²) in [6.45, 7) is 0. The van der Waals surface area contributed by atoms with Gasteiger partial charge in [-0.05, 0) is 17.7 Å². The SMILES string of the molecule is Cl.NC(C(=O)O)c1ccc(Br)cc1Cl. The molecular weight excluding hydrogens is 293 g/mol. The number of carbonyl (C=O) groups is 1. The lowest BCUT2D eigenvalue weighted by Crippen LogP contribution is -2.20. The van der Waals surface area contributed by atoms with Crippen LogP contribution in [0.2, 0.25) is 5.02 Å². The van der Waals surface area contributed by atoms with Gasteiger partial charge in [0.05, 0.1) is 0 Å². The molecule has 78 valence electrons. The zero-order valence-corrected chi connectivity index (χ0v) is 10.1. The van der Waals surface area contributed by atoms with E-state index in [0.717, 1.165) is 4.47 Å². The minimum Gasteiger partial charge on any atom is -0.480 e. The zero-order chi connectivity index (χ0) is 10.0. The molecular formula is C8H8BrCl2NO2. The average Bonchev–Trinajstić information content (AvgIpc) is 2.03. The van der Waals surface area contributed by atoms with Gasteiger partial charge in [-0.3, -0.25) is 4.79 Å². The molecule has 3 nitrogen and oxygen atoms in total. The van der Waals surface area contributed by atoms with Crippen LogP contribution in [0.15, 0.2) is 22.7 Å². The van der Waals surface area contributed by atoms with Crippen molar-refractivity contribution in [3.63, 3.8) is 0 Å². The van der Waals surface area contributed by atoms with E-state index in [1.165, 1.54) is 0 Å². The van der Waals surface area contributed by atoms with Crippen LogP contribution in [0.25, 0.3) is 0 Å². The molecule has 0 aliphatic carbocycles. The highest BCUT2D eigenvalue weighted by Gasteiger charge is 2.16. The summed E-state index contributed by atoms with van der Waals surface area (Å²) in [6.07, 6.45) is 0. The van der Waals surface area contributed by atoms with Crippen LogP contribution in [0.5, 0.6) is 0 Å². The Bertz CT molecular complexity index is 346. The summed E-state index contributed by atoms with van der Waals surface area (Å²) in [6, 6.07) is 3.83. The highest BCUT2D eigenvalue weighted by atomic mass is 79.9. The Kier molecular flexibility index (Phi) is 5.44. The van der Waals surface area contributed by atoms with Gasteiger partial charge in [0.1, 0.15) is 6.04 Å². The molecule has 0 fully saturated rings. The monoisotopic (exact) mass is 299 g/mol. The Balaban J connectivity index is 0.00000169. The number of rotatable bonds is 2. The first kappa shape index (κ1) is 13.7. The van der Waals surface area contributed by atoms with Gasteiger partial charge in [-0.25, -0.2) is 0 Å². The van der Waals surface area contributed by atoms with Crippen LogP contribution in [-0.2, 0) is 4.79 Å². The van der Waals surface area contributed by atoms with Crippen LogP contribution in [-0.4, -0.2) is 11.1 Å². The minimum atomic E-state index is -1.09. The molecule has 1 aromatic rings. The third kappa shape index (κ3) is 3.13. The van der Waals surface area contributed by atoms with E-state index in [0.29, 0.717) is 10.6 Å². The highest BCUT2D eigenvalue weighted by molar-refractivity contribution is 9.10. The molecule has 0 aliphatic rings. The van der Waals surface area contributed by atoms with Gasteiger partial charge in [0.2, 0.25) is 0 Å². The second-order valence-corrected chi connectivity index (χ2v) is 3.80. The number of hydrogen-bond donors (Lipinski definition) is 2. The number of aliphatic carboxylic acids is 1. The Morgan fingerprint density at radius 1 is 1.57 bits per heavy atom. The molecule has 0 bridgehead atoms. The van der Waals surface area contributed by atoms with Crippen molar-refractivity contribution in [3.8, 4) is 0 Å². The second-order valence-electron chi connectivity index (χ2n) is 2.48. The molecule has 6 heteroatoms. The topological polar surface area (TPSA) is 63.3 Å². The summed E-state index contributed by atoms with van der Waals surface area (Å²) in [5.41, 5.74) is 5.80. The number of carboxylic acid groups (broad SMARTS) is 1. The van der Waals surface area contributed by atoms with E-state index in [4.69, 9.17) is 22.4 Å². The van der Waals surface area contributed by atoms with Gasteiger partial charge in [0.15, 0.2) is 0 Å².